The summed E-state index contributed by atoms with van der Waals surface area (Å²) < 4.78 is 40.3. The van der Waals surface area contributed by atoms with Gasteiger partial charge in [0.05, 0.1) is 6.54 Å². The van der Waals surface area contributed by atoms with Crippen LogP contribution in [0.3, 0.4) is 0 Å². The average molecular weight is 449 g/mol. The van der Waals surface area contributed by atoms with Crippen LogP contribution in [0.2, 0.25) is 0 Å². The van der Waals surface area contributed by atoms with Crippen molar-refractivity contribution in [2.75, 3.05) is 0 Å². The number of nitrogens with one attached hydrogen (secondary N) is 1. The number of thiazole rings is 1. The first-order chi connectivity index (χ1) is 14.7. The second-order valence-corrected chi connectivity index (χ2v) is 8.34. The fraction of sp³-hybridized carbons (Fsp3) is 0.286. The number of benzene rings is 2. The number of fused-ring (bicyclic) bond motifs is 2. The van der Waals surface area contributed by atoms with Gasteiger partial charge in [-0.25, -0.2) is 4.79 Å². The standard InChI is InChI=1S/C21H18F3N3O3S/c22-21(23,24)18(28)26-19-27(11-13-6-3-5-12-4-1-2-7-15(12)13)16-9-8-14(25-20(29)30)10-17(16)31-19/h1-7,14,25H,8-11H2,(H,29,30)/b26-19-. The SMILES string of the molecule is O=C(O)NC1CCc2c(s/c(=N\C(=O)C(F)(F)F)n2Cc2cccc3ccccc23)C1. The predicted molar refractivity (Wildman–Crippen MR) is 109 cm³/mol. The lowest BCUT2D eigenvalue weighted by molar-refractivity contribution is -0.169. The molecule has 2 aromatic carbocycles. The van der Waals surface area contributed by atoms with Gasteiger partial charge in [-0.05, 0) is 29.2 Å². The van der Waals surface area contributed by atoms with Gasteiger partial charge in [0, 0.05) is 23.0 Å². The van der Waals surface area contributed by atoms with Gasteiger partial charge in [-0.2, -0.15) is 18.2 Å². The fourth-order valence-electron chi connectivity index (χ4n) is 3.86. The molecule has 4 rings (SSSR count). The molecule has 0 aliphatic heterocycles. The maximum atomic E-state index is 12.9. The second kappa shape index (κ2) is 8.18. The number of rotatable bonds is 3. The number of amides is 2. The van der Waals surface area contributed by atoms with Gasteiger partial charge in [0.15, 0.2) is 4.80 Å². The van der Waals surface area contributed by atoms with Gasteiger partial charge >= 0.3 is 18.2 Å². The van der Waals surface area contributed by atoms with Crippen molar-refractivity contribution in [2.24, 2.45) is 4.99 Å². The van der Waals surface area contributed by atoms with E-state index in [0.29, 0.717) is 19.3 Å². The molecule has 31 heavy (non-hydrogen) atoms. The van der Waals surface area contributed by atoms with Crippen molar-refractivity contribution in [1.29, 1.82) is 0 Å². The monoisotopic (exact) mass is 449 g/mol. The molecule has 0 saturated carbocycles. The molecule has 6 nitrogen and oxygen atoms in total. The summed E-state index contributed by atoms with van der Waals surface area (Å²) in [4.78, 5) is 26.6. The Morgan fingerprint density at radius 2 is 1.94 bits per heavy atom. The first-order valence-electron chi connectivity index (χ1n) is 9.55. The number of hydrogen-bond acceptors (Lipinski definition) is 3. The Morgan fingerprint density at radius 1 is 1.19 bits per heavy atom. The van der Waals surface area contributed by atoms with Crippen LogP contribution in [0.5, 0.6) is 0 Å². The number of aromatic nitrogens is 1. The van der Waals surface area contributed by atoms with Crippen molar-refractivity contribution in [2.45, 2.75) is 38.0 Å². The summed E-state index contributed by atoms with van der Waals surface area (Å²) in [5, 5.41) is 13.4. The van der Waals surface area contributed by atoms with E-state index in [-0.39, 0.29) is 17.4 Å². The molecule has 0 radical (unpaired) electrons. The molecule has 1 unspecified atom stereocenters. The maximum Gasteiger partial charge on any atom is 0.473 e. The maximum absolute atomic E-state index is 12.9. The zero-order chi connectivity index (χ0) is 22.2. The van der Waals surface area contributed by atoms with Gasteiger partial charge in [0.1, 0.15) is 0 Å². The Balaban J connectivity index is 1.80. The van der Waals surface area contributed by atoms with E-state index in [9.17, 15) is 22.8 Å². The largest absolute Gasteiger partial charge is 0.473 e. The summed E-state index contributed by atoms with van der Waals surface area (Å²) in [5.41, 5.74) is 1.68. The fourth-order valence-corrected chi connectivity index (χ4v) is 5.10. The molecule has 0 spiro atoms. The minimum atomic E-state index is -5.06. The number of halogens is 3. The third-order valence-corrected chi connectivity index (χ3v) is 6.37. The van der Waals surface area contributed by atoms with Crippen LogP contribution in [-0.4, -0.2) is 33.9 Å². The number of nitrogens with zero attached hydrogens (tertiary/aromatic N) is 2. The quantitative estimate of drug-likeness (QED) is 0.637. The minimum Gasteiger partial charge on any atom is -0.465 e. The van der Waals surface area contributed by atoms with E-state index in [1.165, 1.54) is 0 Å². The summed E-state index contributed by atoms with van der Waals surface area (Å²) in [7, 11) is 0. The van der Waals surface area contributed by atoms with Crippen molar-refractivity contribution in [3.63, 3.8) is 0 Å². The van der Waals surface area contributed by atoms with Crippen LogP contribution < -0.4 is 10.1 Å². The highest BCUT2D eigenvalue weighted by Crippen LogP contribution is 2.27. The molecule has 162 valence electrons. The molecule has 0 saturated heterocycles. The Morgan fingerprint density at radius 3 is 2.68 bits per heavy atom. The summed E-state index contributed by atoms with van der Waals surface area (Å²) in [6.45, 7) is 0.258. The van der Waals surface area contributed by atoms with Crippen LogP contribution in [-0.2, 0) is 24.2 Å². The highest BCUT2D eigenvalue weighted by atomic mass is 32.1. The minimum absolute atomic E-state index is 0.0313. The van der Waals surface area contributed by atoms with Crippen LogP contribution >= 0.6 is 11.3 Å². The van der Waals surface area contributed by atoms with Gasteiger partial charge < -0.3 is 15.0 Å². The molecule has 0 fully saturated rings. The molecule has 1 heterocycles. The van der Waals surface area contributed by atoms with Crippen LogP contribution in [0, 0.1) is 0 Å². The average Bonchev–Trinajstić information content (AvgIpc) is 3.03. The Hall–Kier alpha value is -3.14. The lowest BCUT2D eigenvalue weighted by Crippen LogP contribution is -2.38. The van der Waals surface area contributed by atoms with Gasteiger partial charge in [-0.15, -0.1) is 11.3 Å². The number of alkyl halides is 3. The zero-order valence-electron chi connectivity index (χ0n) is 16.1. The van der Waals surface area contributed by atoms with Crippen molar-refractivity contribution >= 4 is 34.1 Å². The molecule has 10 heteroatoms. The summed E-state index contributed by atoms with van der Waals surface area (Å²) in [6, 6.07) is 13.1. The van der Waals surface area contributed by atoms with E-state index in [2.05, 4.69) is 10.3 Å². The number of carbonyl (C=O) groups excluding carboxylic acids is 1. The van der Waals surface area contributed by atoms with Gasteiger partial charge in [-0.3, -0.25) is 4.79 Å². The molecule has 1 aliphatic rings. The lowest BCUT2D eigenvalue weighted by Gasteiger charge is -2.23. The van der Waals surface area contributed by atoms with Crippen molar-refractivity contribution in [1.82, 2.24) is 9.88 Å². The molecular formula is C21H18F3N3O3S. The molecule has 0 bridgehead atoms. The highest BCUT2D eigenvalue weighted by Gasteiger charge is 2.39. The van der Waals surface area contributed by atoms with Crippen LogP contribution in [0.25, 0.3) is 10.8 Å². The molecule has 2 N–H and O–H groups in total. The van der Waals surface area contributed by atoms with E-state index >= 15 is 0 Å². The van der Waals surface area contributed by atoms with E-state index in [0.717, 1.165) is 38.2 Å². The topological polar surface area (TPSA) is 83.7 Å². The van der Waals surface area contributed by atoms with E-state index in [1.54, 1.807) is 4.57 Å². The van der Waals surface area contributed by atoms with Gasteiger partial charge in [-0.1, -0.05) is 42.5 Å². The molecular weight excluding hydrogens is 431 g/mol. The van der Waals surface area contributed by atoms with Crippen molar-refractivity contribution in [3.8, 4) is 0 Å². The number of carboxylic acid groups (broad SMARTS) is 1. The lowest BCUT2D eigenvalue weighted by atomic mass is 9.97. The predicted octanol–water partition coefficient (Wildman–Crippen LogP) is 3.87. The summed E-state index contributed by atoms with van der Waals surface area (Å²) >= 11 is 1.00. The zero-order valence-corrected chi connectivity index (χ0v) is 17.0. The first-order valence-corrected chi connectivity index (χ1v) is 10.4. The van der Waals surface area contributed by atoms with E-state index < -0.39 is 18.2 Å². The van der Waals surface area contributed by atoms with Crippen molar-refractivity contribution in [3.05, 3.63) is 63.4 Å². The van der Waals surface area contributed by atoms with E-state index in [4.69, 9.17) is 5.11 Å². The number of hydrogen-bond donors (Lipinski definition) is 2. The van der Waals surface area contributed by atoms with Crippen molar-refractivity contribution < 1.29 is 27.9 Å². The Labute approximate surface area is 178 Å². The van der Waals surface area contributed by atoms with Crippen LogP contribution in [0.15, 0.2) is 47.5 Å². The molecule has 1 aliphatic carbocycles. The molecule has 3 aromatic rings. The Bertz CT molecular complexity index is 1220. The highest BCUT2D eigenvalue weighted by molar-refractivity contribution is 7.09. The van der Waals surface area contributed by atoms with Gasteiger partial charge in [0.2, 0.25) is 0 Å². The smallest absolute Gasteiger partial charge is 0.465 e. The normalized spacial score (nSPS) is 16.9. The van der Waals surface area contributed by atoms with Crippen LogP contribution in [0.1, 0.15) is 22.6 Å². The molecule has 2 amide bonds. The summed E-state index contributed by atoms with van der Waals surface area (Å²) in [6.07, 6.45) is -4.88. The van der Waals surface area contributed by atoms with E-state index in [1.807, 2.05) is 42.5 Å². The third-order valence-electron chi connectivity index (χ3n) is 5.23. The van der Waals surface area contributed by atoms with Gasteiger partial charge in [0.25, 0.3) is 0 Å². The molecule has 1 atom stereocenters. The molecule has 1 aromatic heterocycles. The third kappa shape index (κ3) is 4.48. The van der Waals surface area contributed by atoms with Crippen LogP contribution in [0.4, 0.5) is 18.0 Å². The number of carbonyl (C=O) groups is 2. The second-order valence-electron chi connectivity index (χ2n) is 7.28. The Kier molecular flexibility index (Phi) is 5.57. The summed E-state index contributed by atoms with van der Waals surface area (Å²) in [5.74, 6) is -2.15. The first kappa shape index (κ1) is 21.1.